The van der Waals surface area contributed by atoms with Crippen molar-refractivity contribution in [1.82, 2.24) is 14.3 Å². The fraction of sp³-hybridized carbons (Fsp3) is 0.231. The number of ketones is 1. The van der Waals surface area contributed by atoms with Gasteiger partial charge in [0.15, 0.2) is 5.78 Å². The molecule has 180 valence electrons. The Morgan fingerprint density at radius 2 is 1.83 bits per heavy atom. The lowest BCUT2D eigenvalue weighted by molar-refractivity contribution is 0.0974. The Morgan fingerprint density at radius 3 is 2.49 bits per heavy atom. The lowest BCUT2D eigenvalue weighted by atomic mass is 9.94. The van der Waals surface area contributed by atoms with Gasteiger partial charge in [0.2, 0.25) is 0 Å². The normalized spacial score (nSPS) is 11.2. The molecule has 0 spiro atoms. The van der Waals surface area contributed by atoms with Crippen LogP contribution in [0, 0.1) is 0 Å². The summed E-state index contributed by atoms with van der Waals surface area (Å²) in [5, 5.41) is 5.96. The fourth-order valence-corrected chi connectivity index (χ4v) is 4.35. The molecule has 0 aliphatic carbocycles. The van der Waals surface area contributed by atoms with Crippen LogP contribution in [0.25, 0.3) is 21.9 Å². The molecule has 0 saturated heterocycles. The number of Topliss-reactive ketones (excluding diaryl/α,β-unsaturated/α-hetero) is 1. The highest BCUT2D eigenvalue weighted by Crippen LogP contribution is 2.33. The molecule has 2 N–H and O–H groups in total. The van der Waals surface area contributed by atoms with Gasteiger partial charge in [0.05, 0.1) is 31.1 Å². The number of nitrogens with zero attached hydrogens (tertiary/aromatic N) is 3. The fourth-order valence-electron chi connectivity index (χ4n) is 4.18. The Bertz CT molecular complexity index is 1470. The quantitative estimate of drug-likeness (QED) is 0.356. The van der Waals surface area contributed by atoms with Crippen LogP contribution in [0.3, 0.4) is 0 Å². The van der Waals surface area contributed by atoms with Gasteiger partial charge in [0.25, 0.3) is 11.5 Å². The van der Waals surface area contributed by atoms with E-state index in [9.17, 15) is 14.4 Å². The molecule has 8 nitrogen and oxygen atoms in total. The molecule has 1 amide bonds. The second-order valence-electron chi connectivity index (χ2n) is 8.05. The largest absolute Gasteiger partial charge is 0.383 e. The molecule has 2 heterocycles. The van der Waals surface area contributed by atoms with Crippen LogP contribution in [0.1, 0.15) is 40.0 Å². The van der Waals surface area contributed by atoms with Crippen LogP contribution in [0.15, 0.2) is 59.4 Å². The predicted molar refractivity (Wildman–Crippen MR) is 135 cm³/mol. The van der Waals surface area contributed by atoms with E-state index in [2.05, 4.69) is 5.10 Å². The van der Waals surface area contributed by atoms with Gasteiger partial charge in [-0.2, -0.15) is 5.10 Å². The van der Waals surface area contributed by atoms with Gasteiger partial charge in [-0.1, -0.05) is 48.9 Å². The highest BCUT2D eigenvalue weighted by Gasteiger charge is 2.24. The zero-order valence-corrected chi connectivity index (χ0v) is 20.2. The average molecular weight is 493 g/mol. The number of hydrogen-bond acceptors (Lipinski definition) is 5. The molecule has 0 unspecified atom stereocenters. The first kappa shape index (κ1) is 24.4. The first-order chi connectivity index (χ1) is 16.8. The van der Waals surface area contributed by atoms with Crippen LogP contribution in [-0.2, 0) is 17.8 Å². The van der Waals surface area contributed by atoms with Crippen molar-refractivity contribution >= 4 is 34.1 Å². The van der Waals surface area contributed by atoms with E-state index in [1.54, 1.807) is 38.3 Å². The molecule has 2 aromatic heterocycles. The summed E-state index contributed by atoms with van der Waals surface area (Å²) in [5.41, 5.74) is 7.50. The summed E-state index contributed by atoms with van der Waals surface area (Å²) in [4.78, 5) is 39.0. The third-order valence-corrected chi connectivity index (χ3v) is 6.03. The first-order valence-corrected chi connectivity index (χ1v) is 11.5. The number of carbonyl (C=O) groups is 2. The number of amides is 1. The number of pyridine rings is 1. The monoisotopic (exact) mass is 492 g/mol. The van der Waals surface area contributed by atoms with E-state index >= 15 is 0 Å². The Balaban J connectivity index is 2.01. The summed E-state index contributed by atoms with van der Waals surface area (Å²) >= 11 is 6.30. The first-order valence-electron chi connectivity index (χ1n) is 11.2. The highest BCUT2D eigenvalue weighted by atomic mass is 35.5. The third-order valence-electron chi connectivity index (χ3n) is 5.79. The van der Waals surface area contributed by atoms with Crippen molar-refractivity contribution in [3.63, 3.8) is 0 Å². The second kappa shape index (κ2) is 10.2. The van der Waals surface area contributed by atoms with Gasteiger partial charge < -0.3 is 10.5 Å². The van der Waals surface area contributed by atoms with Crippen LogP contribution < -0.4 is 11.3 Å². The predicted octanol–water partition coefficient (Wildman–Crippen LogP) is 3.90. The minimum atomic E-state index is -0.643. The number of carbonyl (C=O) groups excluding carboxylic acids is 2. The number of halogens is 1. The van der Waals surface area contributed by atoms with Crippen LogP contribution in [0.4, 0.5) is 0 Å². The second-order valence-corrected chi connectivity index (χ2v) is 8.49. The van der Waals surface area contributed by atoms with E-state index in [1.165, 1.54) is 9.25 Å². The van der Waals surface area contributed by atoms with E-state index in [1.807, 2.05) is 30.3 Å². The zero-order chi connectivity index (χ0) is 25.1. The van der Waals surface area contributed by atoms with Crippen molar-refractivity contribution in [1.29, 1.82) is 0 Å². The van der Waals surface area contributed by atoms with Crippen molar-refractivity contribution in [2.45, 2.75) is 26.4 Å². The number of hydrogen-bond donors (Lipinski definition) is 1. The van der Waals surface area contributed by atoms with Crippen molar-refractivity contribution in [2.75, 3.05) is 13.7 Å². The van der Waals surface area contributed by atoms with Gasteiger partial charge in [-0.3, -0.25) is 23.6 Å². The molecule has 35 heavy (non-hydrogen) atoms. The molecule has 0 aliphatic heterocycles. The molecular formula is C26H25ClN4O4. The Morgan fingerprint density at radius 1 is 1.09 bits per heavy atom. The van der Waals surface area contributed by atoms with Gasteiger partial charge in [0, 0.05) is 29.5 Å². The topological polar surface area (TPSA) is 109 Å². The maximum absolute atomic E-state index is 13.7. The number of fused-ring (bicyclic) bond motifs is 1. The lowest BCUT2D eigenvalue weighted by Gasteiger charge is -2.19. The zero-order valence-electron chi connectivity index (χ0n) is 19.5. The van der Waals surface area contributed by atoms with E-state index in [4.69, 9.17) is 22.1 Å². The van der Waals surface area contributed by atoms with Crippen LogP contribution in [0.5, 0.6) is 0 Å². The Labute approximate surface area is 206 Å². The summed E-state index contributed by atoms with van der Waals surface area (Å²) in [6.07, 6.45) is 0.195. The molecule has 4 aromatic rings. The van der Waals surface area contributed by atoms with Crippen molar-refractivity contribution in [3.05, 3.63) is 87.1 Å². The third kappa shape index (κ3) is 4.76. The maximum Gasteiger partial charge on any atom is 0.266 e. The summed E-state index contributed by atoms with van der Waals surface area (Å²) < 4.78 is 7.97. The lowest BCUT2D eigenvalue weighted by Crippen LogP contribution is -2.28. The van der Waals surface area contributed by atoms with E-state index in [0.717, 1.165) is 5.56 Å². The van der Waals surface area contributed by atoms with Crippen LogP contribution in [0.2, 0.25) is 5.02 Å². The molecular weight excluding hydrogens is 468 g/mol. The molecule has 2 aromatic carbocycles. The minimum Gasteiger partial charge on any atom is -0.383 e. The van der Waals surface area contributed by atoms with Crippen LogP contribution in [-0.4, -0.2) is 39.8 Å². The molecule has 4 rings (SSSR count). The Hall–Kier alpha value is -3.75. The molecule has 0 fully saturated rings. The molecule has 9 heteroatoms. The number of benzene rings is 2. The van der Waals surface area contributed by atoms with Crippen LogP contribution >= 0.6 is 11.6 Å². The average Bonchev–Trinajstić information content (AvgIpc) is 3.27. The highest BCUT2D eigenvalue weighted by molar-refractivity contribution is 6.31. The maximum atomic E-state index is 13.7. The molecule has 0 atom stereocenters. The van der Waals surface area contributed by atoms with Gasteiger partial charge in [0.1, 0.15) is 5.69 Å². The minimum absolute atomic E-state index is 0.0153. The molecule has 0 radical (unpaired) electrons. The van der Waals surface area contributed by atoms with E-state index < -0.39 is 5.91 Å². The van der Waals surface area contributed by atoms with Gasteiger partial charge in [-0.15, -0.1) is 0 Å². The van der Waals surface area contributed by atoms with Gasteiger partial charge >= 0.3 is 0 Å². The van der Waals surface area contributed by atoms with E-state index in [0.29, 0.717) is 40.2 Å². The van der Waals surface area contributed by atoms with Gasteiger partial charge in [-0.05, 0) is 35.2 Å². The molecule has 0 aliphatic rings. The molecule has 0 bridgehead atoms. The van der Waals surface area contributed by atoms with Crippen molar-refractivity contribution < 1.29 is 14.3 Å². The van der Waals surface area contributed by atoms with Crippen molar-refractivity contribution in [3.8, 4) is 11.1 Å². The summed E-state index contributed by atoms with van der Waals surface area (Å²) in [5.74, 6) is -0.841. The number of rotatable bonds is 9. The summed E-state index contributed by atoms with van der Waals surface area (Å²) in [7, 11) is 1.54. The van der Waals surface area contributed by atoms with E-state index in [-0.39, 0.29) is 35.7 Å². The number of nitrogens with two attached hydrogens (primary N) is 1. The standard InChI is InChI=1S/C26H25ClN4O4/c1-3-22(32)24-23(16-7-5-4-6-8-16)20-13-17(27)9-10-19(20)26(34)30(24)15-18-14-21(25(28)33)31(29-18)11-12-35-2/h4-10,13-14H,3,11-12,15H2,1-2H3,(H2,28,33). The number of primary amides is 1. The summed E-state index contributed by atoms with van der Waals surface area (Å²) in [6, 6.07) is 16.0. The number of aromatic nitrogens is 3. The smallest absolute Gasteiger partial charge is 0.266 e. The summed E-state index contributed by atoms with van der Waals surface area (Å²) in [6.45, 7) is 2.38. The SMILES string of the molecule is CCC(=O)c1c(-c2ccccc2)c2cc(Cl)ccc2c(=O)n1Cc1cc(C(N)=O)n(CCOC)n1. The number of methoxy groups -OCH3 is 1. The molecule has 0 saturated carbocycles. The Kier molecular flexibility index (Phi) is 7.14. The van der Waals surface area contributed by atoms with Gasteiger partial charge in [-0.25, -0.2) is 0 Å². The number of ether oxygens (including phenoxy) is 1. The van der Waals surface area contributed by atoms with Crippen molar-refractivity contribution in [2.24, 2.45) is 5.73 Å².